The Hall–Kier alpha value is -2.13. The van der Waals surface area contributed by atoms with E-state index in [1.165, 1.54) is 0 Å². The van der Waals surface area contributed by atoms with Crippen LogP contribution in [-0.2, 0) is 6.42 Å². The fourth-order valence-corrected chi connectivity index (χ4v) is 2.27. The smallest absolute Gasteiger partial charge is 0.228 e. The number of hydrogen-bond donors (Lipinski definition) is 2. The third kappa shape index (κ3) is 5.71. The van der Waals surface area contributed by atoms with Crippen LogP contribution in [0.25, 0.3) is 11.4 Å². The summed E-state index contributed by atoms with van der Waals surface area (Å²) in [6, 6.07) is 16.9. The topological polar surface area (TPSA) is 89.3 Å². The molecule has 3 N–H and O–H groups in total. The summed E-state index contributed by atoms with van der Waals surface area (Å²) >= 11 is 5.96. The normalized spacial score (nSPS) is 11.0. The predicted molar refractivity (Wildman–Crippen MR) is 110 cm³/mol. The number of aliphatic imine (C=N–C) groups is 1. The van der Waals surface area contributed by atoms with Crippen LogP contribution in [0.4, 0.5) is 5.69 Å². The zero-order valence-corrected chi connectivity index (χ0v) is 16.3. The van der Waals surface area contributed by atoms with Gasteiger partial charge in [-0.15, -0.1) is 24.0 Å². The first-order chi connectivity index (χ1) is 11.7. The number of guanidine groups is 1. The van der Waals surface area contributed by atoms with Gasteiger partial charge in [0, 0.05) is 22.7 Å². The first kappa shape index (κ1) is 19.2. The molecule has 0 saturated heterocycles. The van der Waals surface area contributed by atoms with Gasteiger partial charge in [0.05, 0.1) is 6.54 Å². The van der Waals surface area contributed by atoms with Crippen molar-refractivity contribution in [3.05, 3.63) is 65.5 Å². The van der Waals surface area contributed by atoms with Crippen LogP contribution in [0.15, 0.2) is 64.1 Å². The molecule has 0 aliphatic heterocycles. The lowest BCUT2D eigenvalue weighted by Crippen LogP contribution is -2.23. The molecule has 3 aromatic rings. The fraction of sp³-hybridized carbons (Fsp3) is 0.118. The van der Waals surface area contributed by atoms with E-state index < -0.39 is 0 Å². The second kappa shape index (κ2) is 9.38. The molecule has 0 amide bonds. The first-order valence-electron chi connectivity index (χ1n) is 7.41. The van der Waals surface area contributed by atoms with Crippen LogP contribution < -0.4 is 11.1 Å². The highest BCUT2D eigenvalue weighted by molar-refractivity contribution is 14.0. The number of nitrogens with zero attached hydrogens (tertiary/aromatic N) is 3. The van der Waals surface area contributed by atoms with E-state index in [-0.39, 0.29) is 24.0 Å². The predicted octanol–water partition coefficient (Wildman–Crippen LogP) is 3.98. The zero-order chi connectivity index (χ0) is 16.8. The molecule has 6 nitrogen and oxygen atoms in total. The molecule has 0 unspecified atom stereocenters. The molecule has 3 rings (SSSR count). The van der Waals surface area contributed by atoms with Crippen molar-refractivity contribution in [1.29, 1.82) is 0 Å². The summed E-state index contributed by atoms with van der Waals surface area (Å²) in [6.07, 6.45) is 0.505. The SMILES string of the molecule is I.NC(=NCCc1nc(-c2cccc(Cl)c2)no1)Nc1ccccc1. The molecule has 130 valence electrons. The Kier molecular flexibility index (Phi) is 7.20. The van der Waals surface area contributed by atoms with Crippen LogP contribution in [0.1, 0.15) is 5.89 Å². The van der Waals surface area contributed by atoms with Crippen molar-refractivity contribution in [3.8, 4) is 11.4 Å². The van der Waals surface area contributed by atoms with E-state index in [9.17, 15) is 0 Å². The Morgan fingerprint density at radius 2 is 1.96 bits per heavy atom. The van der Waals surface area contributed by atoms with Gasteiger partial charge in [-0.2, -0.15) is 4.98 Å². The summed E-state index contributed by atoms with van der Waals surface area (Å²) < 4.78 is 5.22. The highest BCUT2D eigenvalue weighted by atomic mass is 127. The second-order valence-electron chi connectivity index (χ2n) is 5.03. The Morgan fingerprint density at radius 3 is 2.72 bits per heavy atom. The van der Waals surface area contributed by atoms with Crippen LogP contribution in [0.5, 0.6) is 0 Å². The van der Waals surface area contributed by atoms with Gasteiger partial charge in [0.1, 0.15) is 0 Å². The maximum Gasteiger partial charge on any atom is 0.228 e. The van der Waals surface area contributed by atoms with Gasteiger partial charge in [0.15, 0.2) is 5.96 Å². The van der Waals surface area contributed by atoms with Crippen molar-refractivity contribution >= 4 is 47.2 Å². The lowest BCUT2D eigenvalue weighted by Gasteiger charge is -2.04. The Bertz CT molecular complexity index is 838. The quantitative estimate of drug-likeness (QED) is 0.335. The molecule has 25 heavy (non-hydrogen) atoms. The van der Waals surface area contributed by atoms with Crippen LogP contribution in [0.2, 0.25) is 5.02 Å². The van der Waals surface area contributed by atoms with E-state index in [0.717, 1.165) is 11.3 Å². The van der Waals surface area contributed by atoms with Gasteiger partial charge in [0.2, 0.25) is 11.7 Å². The summed E-state index contributed by atoms with van der Waals surface area (Å²) in [5.41, 5.74) is 7.54. The number of benzene rings is 2. The molecule has 2 aromatic carbocycles. The highest BCUT2D eigenvalue weighted by Gasteiger charge is 2.08. The summed E-state index contributed by atoms with van der Waals surface area (Å²) in [5, 5.41) is 7.59. The third-order valence-electron chi connectivity index (χ3n) is 3.20. The second-order valence-corrected chi connectivity index (χ2v) is 5.47. The average molecular weight is 470 g/mol. The minimum absolute atomic E-state index is 0. The van der Waals surface area contributed by atoms with E-state index >= 15 is 0 Å². The van der Waals surface area contributed by atoms with E-state index in [1.54, 1.807) is 12.1 Å². The number of aromatic nitrogens is 2. The minimum Gasteiger partial charge on any atom is -0.370 e. The Morgan fingerprint density at radius 1 is 1.16 bits per heavy atom. The summed E-state index contributed by atoms with van der Waals surface area (Å²) in [7, 11) is 0. The third-order valence-corrected chi connectivity index (χ3v) is 3.44. The van der Waals surface area contributed by atoms with E-state index in [0.29, 0.717) is 35.7 Å². The van der Waals surface area contributed by atoms with Gasteiger partial charge in [-0.1, -0.05) is 47.1 Å². The molecule has 8 heteroatoms. The monoisotopic (exact) mass is 469 g/mol. The number of hydrogen-bond acceptors (Lipinski definition) is 4. The minimum atomic E-state index is 0. The number of nitrogens with one attached hydrogen (secondary N) is 1. The van der Waals surface area contributed by atoms with Crippen molar-refractivity contribution in [3.63, 3.8) is 0 Å². The standard InChI is InChI=1S/C17H16ClN5O.HI/c18-13-6-4-5-12(11-13)16-22-15(24-23-16)9-10-20-17(19)21-14-7-2-1-3-8-14;/h1-8,11H,9-10H2,(H3,19,20,21);1H. The molecule has 0 bridgehead atoms. The Balaban J connectivity index is 0.00000225. The lowest BCUT2D eigenvalue weighted by molar-refractivity contribution is 0.380. The number of rotatable bonds is 5. The Labute approximate surface area is 167 Å². The van der Waals surface area contributed by atoms with Crippen molar-refractivity contribution in [1.82, 2.24) is 10.1 Å². The molecule has 0 aliphatic rings. The van der Waals surface area contributed by atoms with Crippen LogP contribution in [-0.4, -0.2) is 22.6 Å². The summed E-state index contributed by atoms with van der Waals surface area (Å²) in [6.45, 7) is 0.447. The maximum absolute atomic E-state index is 5.96. The summed E-state index contributed by atoms with van der Waals surface area (Å²) in [4.78, 5) is 8.58. The van der Waals surface area contributed by atoms with Crippen molar-refractivity contribution in [2.24, 2.45) is 10.7 Å². The van der Waals surface area contributed by atoms with Gasteiger partial charge in [0.25, 0.3) is 0 Å². The van der Waals surface area contributed by atoms with Gasteiger partial charge in [-0.05, 0) is 24.3 Å². The van der Waals surface area contributed by atoms with E-state index in [1.807, 2.05) is 42.5 Å². The maximum atomic E-state index is 5.96. The average Bonchev–Trinajstić information content (AvgIpc) is 3.05. The molecule has 1 aromatic heterocycles. The molecule has 0 saturated carbocycles. The number of halogens is 2. The number of para-hydroxylation sites is 1. The van der Waals surface area contributed by atoms with Crippen LogP contribution in [0.3, 0.4) is 0 Å². The zero-order valence-electron chi connectivity index (χ0n) is 13.2. The van der Waals surface area contributed by atoms with Gasteiger partial charge >= 0.3 is 0 Å². The molecule has 0 spiro atoms. The van der Waals surface area contributed by atoms with E-state index in [4.69, 9.17) is 21.9 Å². The lowest BCUT2D eigenvalue weighted by atomic mass is 10.2. The first-order valence-corrected chi connectivity index (χ1v) is 7.79. The fourth-order valence-electron chi connectivity index (χ4n) is 2.08. The molecule has 0 atom stereocenters. The summed E-state index contributed by atoms with van der Waals surface area (Å²) in [5.74, 6) is 1.35. The van der Waals surface area contributed by atoms with Gasteiger partial charge in [-0.25, -0.2) is 0 Å². The molecule has 0 radical (unpaired) electrons. The molecule has 1 heterocycles. The van der Waals surface area contributed by atoms with E-state index in [2.05, 4.69) is 20.4 Å². The highest BCUT2D eigenvalue weighted by Crippen LogP contribution is 2.19. The number of anilines is 1. The molecular formula is C17H17ClIN5O. The number of nitrogens with two attached hydrogens (primary N) is 1. The largest absolute Gasteiger partial charge is 0.370 e. The van der Waals surface area contributed by atoms with Crippen LogP contribution >= 0.6 is 35.6 Å². The van der Waals surface area contributed by atoms with Crippen LogP contribution in [0, 0.1) is 0 Å². The molecule has 0 aliphatic carbocycles. The van der Waals surface area contributed by atoms with Crippen molar-refractivity contribution < 1.29 is 4.52 Å². The van der Waals surface area contributed by atoms with Crippen molar-refractivity contribution in [2.45, 2.75) is 6.42 Å². The molecular weight excluding hydrogens is 453 g/mol. The molecule has 0 fully saturated rings. The van der Waals surface area contributed by atoms with Gasteiger partial charge < -0.3 is 15.6 Å². The van der Waals surface area contributed by atoms with Crippen molar-refractivity contribution in [2.75, 3.05) is 11.9 Å². The van der Waals surface area contributed by atoms with Gasteiger partial charge in [-0.3, -0.25) is 4.99 Å².